The molecule has 0 fully saturated rings. The van der Waals surface area contributed by atoms with Crippen LogP contribution >= 0.6 is 43.2 Å². The van der Waals surface area contributed by atoms with Crippen LogP contribution in [0, 0.1) is 5.92 Å². The molecular formula is C16H16Br2OS. The van der Waals surface area contributed by atoms with Gasteiger partial charge in [0.05, 0.1) is 7.57 Å². The number of benzene rings is 1. The summed E-state index contributed by atoms with van der Waals surface area (Å²) < 4.78 is 1.88. The van der Waals surface area contributed by atoms with E-state index in [-0.39, 0.29) is 11.7 Å². The zero-order chi connectivity index (χ0) is 14.7. The topological polar surface area (TPSA) is 17.1 Å². The summed E-state index contributed by atoms with van der Waals surface area (Å²) in [5.74, 6) is 0.425. The van der Waals surface area contributed by atoms with Gasteiger partial charge < -0.3 is 0 Å². The highest BCUT2D eigenvalue weighted by molar-refractivity contribution is 9.12. The van der Waals surface area contributed by atoms with Gasteiger partial charge in [-0.3, -0.25) is 4.79 Å². The lowest BCUT2D eigenvalue weighted by Crippen LogP contribution is -2.19. The second kappa shape index (κ2) is 7.01. The Bertz CT molecular complexity index is 592. The molecule has 2 atom stereocenters. The lowest BCUT2D eigenvalue weighted by Gasteiger charge is -2.22. The SMILES string of the molecule is CCC(C)C(C(=O)c1cc(Br)sc1Br)c1ccccc1. The van der Waals surface area contributed by atoms with Crippen LogP contribution < -0.4 is 0 Å². The van der Waals surface area contributed by atoms with E-state index < -0.39 is 0 Å². The summed E-state index contributed by atoms with van der Waals surface area (Å²) in [7, 11) is 0. The Balaban J connectivity index is 2.42. The summed E-state index contributed by atoms with van der Waals surface area (Å²) >= 11 is 8.49. The van der Waals surface area contributed by atoms with Gasteiger partial charge in [0, 0.05) is 11.5 Å². The molecule has 20 heavy (non-hydrogen) atoms. The molecule has 0 aliphatic heterocycles. The summed E-state index contributed by atoms with van der Waals surface area (Å²) in [6, 6.07) is 12.0. The lowest BCUT2D eigenvalue weighted by molar-refractivity contribution is 0.0932. The number of halogens is 2. The number of Topliss-reactive ketones (excluding diaryl/α,β-unsaturated/α-hetero) is 1. The molecule has 0 saturated heterocycles. The van der Waals surface area contributed by atoms with Gasteiger partial charge in [-0.15, -0.1) is 11.3 Å². The molecule has 0 aliphatic rings. The van der Waals surface area contributed by atoms with E-state index in [9.17, 15) is 4.79 Å². The smallest absolute Gasteiger partial charge is 0.172 e. The molecule has 0 spiro atoms. The summed E-state index contributed by atoms with van der Waals surface area (Å²) in [6.07, 6.45) is 0.980. The highest BCUT2D eigenvalue weighted by Crippen LogP contribution is 2.37. The normalized spacial score (nSPS) is 14.0. The molecule has 0 aliphatic carbocycles. The van der Waals surface area contributed by atoms with E-state index >= 15 is 0 Å². The Morgan fingerprint density at radius 1 is 1.25 bits per heavy atom. The molecule has 2 aromatic rings. The maximum Gasteiger partial charge on any atom is 0.172 e. The maximum absolute atomic E-state index is 12.9. The third kappa shape index (κ3) is 3.41. The molecule has 1 nitrogen and oxygen atoms in total. The van der Waals surface area contributed by atoms with Crippen LogP contribution in [0.15, 0.2) is 44.0 Å². The first-order valence-electron chi connectivity index (χ1n) is 6.58. The van der Waals surface area contributed by atoms with Crippen molar-refractivity contribution in [3.05, 3.63) is 55.1 Å². The van der Waals surface area contributed by atoms with Crippen LogP contribution in [0.4, 0.5) is 0 Å². The molecule has 1 heterocycles. The zero-order valence-corrected chi connectivity index (χ0v) is 15.4. The number of hydrogen-bond donors (Lipinski definition) is 0. The third-order valence-corrected chi connectivity index (χ3v) is 5.92. The van der Waals surface area contributed by atoms with Crippen molar-refractivity contribution in [2.45, 2.75) is 26.2 Å². The molecule has 0 radical (unpaired) electrons. The van der Waals surface area contributed by atoms with Crippen LogP contribution in [0.2, 0.25) is 0 Å². The van der Waals surface area contributed by atoms with Crippen LogP contribution in [0.5, 0.6) is 0 Å². The van der Waals surface area contributed by atoms with E-state index in [0.717, 1.165) is 25.1 Å². The average molecular weight is 416 g/mol. The molecule has 4 heteroatoms. The fourth-order valence-corrected chi connectivity index (χ4v) is 5.13. The first kappa shape index (κ1) is 15.9. The van der Waals surface area contributed by atoms with Crippen molar-refractivity contribution in [2.75, 3.05) is 0 Å². The summed E-state index contributed by atoms with van der Waals surface area (Å²) in [4.78, 5) is 12.9. The van der Waals surface area contributed by atoms with Gasteiger partial charge in [-0.2, -0.15) is 0 Å². The van der Waals surface area contributed by atoms with Crippen LogP contribution in [0.25, 0.3) is 0 Å². The second-order valence-corrected chi connectivity index (χ2v) is 8.63. The molecule has 106 valence electrons. The van der Waals surface area contributed by atoms with E-state index in [0.29, 0.717) is 5.92 Å². The Morgan fingerprint density at radius 2 is 1.90 bits per heavy atom. The van der Waals surface area contributed by atoms with Crippen molar-refractivity contribution in [3.63, 3.8) is 0 Å². The van der Waals surface area contributed by atoms with Gasteiger partial charge in [-0.1, -0.05) is 50.6 Å². The van der Waals surface area contributed by atoms with E-state index in [4.69, 9.17) is 0 Å². The van der Waals surface area contributed by atoms with Crippen molar-refractivity contribution in [2.24, 2.45) is 5.92 Å². The minimum atomic E-state index is -0.0843. The van der Waals surface area contributed by atoms with Crippen LogP contribution in [-0.2, 0) is 0 Å². The molecule has 0 bridgehead atoms. The predicted octanol–water partition coefficient (Wildman–Crippen LogP) is 6.29. The standard InChI is InChI=1S/C16H16Br2OS/c1-3-10(2)14(11-7-5-4-6-8-11)15(19)12-9-13(17)20-16(12)18/h4-10,14H,3H2,1-2H3. The molecule has 1 aromatic carbocycles. The largest absolute Gasteiger partial charge is 0.293 e. The van der Waals surface area contributed by atoms with Gasteiger partial charge in [0.15, 0.2) is 5.78 Å². The van der Waals surface area contributed by atoms with Gasteiger partial charge >= 0.3 is 0 Å². The number of carbonyl (C=O) groups is 1. The monoisotopic (exact) mass is 414 g/mol. The number of ketones is 1. The molecule has 2 rings (SSSR count). The van der Waals surface area contributed by atoms with Crippen molar-refractivity contribution in [1.82, 2.24) is 0 Å². The Hall–Kier alpha value is -0.450. The minimum Gasteiger partial charge on any atom is -0.293 e. The fourth-order valence-electron chi connectivity index (χ4n) is 2.31. The van der Waals surface area contributed by atoms with Crippen LogP contribution in [0.3, 0.4) is 0 Å². The van der Waals surface area contributed by atoms with E-state index in [1.807, 2.05) is 36.4 Å². The van der Waals surface area contributed by atoms with Gasteiger partial charge in [-0.25, -0.2) is 0 Å². The third-order valence-electron chi connectivity index (χ3n) is 3.58. The van der Waals surface area contributed by atoms with Crippen LogP contribution in [-0.4, -0.2) is 5.78 Å². The Kier molecular flexibility index (Phi) is 5.58. The average Bonchev–Trinajstić information content (AvgIpc) is 2.79. The summed E-state index contributed by atoms with van der Waals surface area (Å²) in [5, 5.41) is 0. The van der Waals surface area contributed by atoms with E-state index in [1.165, 1.54) is 0 Å². The number of thiophene rings is 1. The highest BCUT2D eigenvalue weighted by atomic mass is 79.9. The number of carbonyl (C=O) groups excluding carboxylic acids is 1. The zero-order valence-electron chi connectivity index (χ0n) is 11.4. The lowest BCUT2D eigenvalue weighted by atomic mass is 9.81. The number of hydrogen-bond acceptors (Lipinski definition) is 2. The first-order chi connectivity index (χ1) is 9.54. The van der Waals surface area contributed by atoms with Gasteiger partial charge in [-0.05, 0) is 49.4 Å². The molecule has 0 amide bonds. The Morgan fingerprint density at radius 3 is 2.40 bits per heavy atom. The number of rotatable bonds is 5. The van der Waals surface area contributed by atoms with Crippen LogP contribution in [0.1, 0.15) is 42.1 Å². The van der Waals surface area contributed by atoms with Gasteiger partial charge in [0.1, 0.15) is 0 Å². The van der Waals surface area contributed by atoms with Gasteiger partial charge in [0.2, 0.25) is 0 Å². The molecular weight excluding hydrogens is 400 g/mol. The second-order valence-electron chi connectivity index (χ2n) is 4.88. The molecule has 0 N–H and O–H groups in total. The van der Waals surface area contributed by atoms with Crippen molar-refractivity contribution >= 4 is 49.0 Å². The first-order valence-corrected chi connectivity index (χ1v) is 8.98. The maximum atomic E-state index is 12.9. The van der Waals surface area contributed by atoms with Crippen molar-refractivity contribution in [3.8, 4) is 0 Å². The highest BCUT2D eigenvalue weighted by Gasteiger charge is 2.28. The van der Waals surface area contributed by atoms with E-state index in [1.54, 1.807) is 11.3 Å². The van der Waals surface area contributed by atoms with E-state index in [2.05, 4.69) is 45.7 Å². The summed E-state index contributed by atoms with van der Waals surface area (Å²) in [5.41, 5.74) is 1.87. The predicted molar refractivity (Wildman–Crippen MR) is 92.7 cm³/mol. The molecule has 2 unspecified atom stereocenters. The minimum absolute atomic E-state index is 0.0843. The quantitative estimate of drug-likeness (QED) is 0.524. The van der Waals surface area contributed by atoms with Crippen molar-refractivity contribution < 1.29 is 4.79 Å². The Labute approximate surface area is 140 Å². The molecule has 1 aromatic heterocycles. The summed E-state index contributed by atoms with van der Waals surface area (Å²) in [6.45, 7) is 4.28. The molecule has 0 saturated carbocycles. The fraction of sp³-hybridized carbons (Fsp3) is 0.312. The van der Waals surface area contributed by atoms with Gasteiger partial charge in [0.25, 0.3) is 0 Å². The van der Waals surface area contributed by atoms with Crippen molar-refractivity contribution in [1.29, 1.82) is 0 Å².